The Labute approximate surface area is 164 Å². The smallest absolute Gasteiger partial charge is 0.265 e. The minimum Gasteiger partial charge on any atom is -0.482 e. The summed E-state index contributed by atoms with van der Waals surface area (Å²) in [5.41, 5.74) is 1.66. The average molecular weight is 378 g/mol. The number of aromatic nitrogens is 1. The summed E-state index contributed by atoms with van der Waals surface area (Å²) in [4.78, 5) is 32.3. The Hall–Kier alpha value is -3.40. The maximum Gasteiger partial charge on any atom is 0.265 e. The van der Waals surface area contributed by atoms with Gasteiger partial charge in [-0.05, 0) is 30.2 Å². The van der Waals surface area contributed by atoms with Crippen molar-refractivity contribution in [2.24, 2.45) is 0 Å². The molecule has 0 spiro atoms. The van der Waals surface area contributed by atoms with Gasteiger partial charge in [0, 0.05) is 38.4 Å². The van der Waals surface area contributed by atoms with Crippen LogP contribution >= 0.6 is 0 Å². The molecule has 2 aromatic rings. The molecule has 1 aliphatic rings. The summed E-state index contributed by atoms with van der Waals surface area (Å²) < 4.78 is 5.44. The van der Waals surface area contributed by atoms with Crippen LogP contribution in [0.4, 0.5) is 5.69 Å². The van der Waals surface area contributed by atoms with Gasteiger partial charge in [-0.1, -0.05) is 18.2 Å². The number of hydrogen-bond donors (Lipinski definition) is 0. The van der Waals surface area contributed by atoms with E-state index in [-0.39, 0.29) is 24.8 Å². The van der Waals surface area contributed by atoms with Crippen molar-refractivity contribution in [2.45, 2.75) is 25.8 Å². The number of nitriles is 1. The minimum absolute atomic E-state index is 0.0141. The molecule has 0 aliphatic carbocycles. The lowest BCUT2D eigenvalue weighted by Gasteiger charge is -2.29. The molecule has 0 radical (unpaired) electrons. The molecule has 0 fully saturated rings. The summed E-state index contributed by atoms with van der Waals surface area (Å²) >= 11 is 0. The van der Waals surface area contributed by atoms with Gasteiger partial charge in [0.25, 0.3) is 5.91 Å². The monoisotopic (exact) mass is 378 g/mol. The predicted molar refractivity (Wildman–Crippen MR) is 103 cm³/mol. The average Bonchev–Trinajstić information content (AvgIpc) is 2.73. The number of rotatable bonds is 8. The molecule has 144 valence electrons. The van der Waals surface area contributed by atoms with Crippen molar-refractivity contribution in [1.29, 1.82) is 5.26 Å². The van der Waals surface area contributed by atoms with Gasteiger partial charge in [-0.3, -0.25) is 14.6 Å². The van der Waals surface area contributed by atoms with E-state index < -0.39 is 0 Å². The van der Waals surface area contributed by atoms with Crippen molar-refractivity contribution >= 4 is 17.5 Å². The van der Waals surface area contributed by atoms with Crippen LogP contribution in [-0.2, 0) is 16.1 Å². The Balaban J connectivity index is 1.58. The highest BCUT2D eigenvalue weighted by Gasteiger charge is 2.25. The van der Waals surface area contributed by atoms with Crippen molar-refractivity contribution < 1.29 is 14.3 Å². The van der Waals surface area contributed by atoms with Gasteiger partial charge in [0.1, 0.15) is 5.75 Å². The highest BCUT2D eigenvalue weighted by Crippen LogP contribution is 2.31. The second-order valence-electron chi connectivity index (χ2n) is 6.49. The standard InChI is InChI=1S/C21H22N4O3/c22-10-5-12-24(15-17-6-3-11-23-14-17)20(26)9-4-13-25-18-7-1-2-8-19(18)28-16-21(25)27/h1-3,6-8,11,14H,4-5,9,12-13,15-16H2. The third-order valence-electron chi connectivity index (χ3n) is 4.52. The van der Waals surface area contributed by atoms with Gasteiger partial charge in [-0.15, -0.1) is 0 Å². The minimum atomic E-state index is -0.108. The summed E-state index contributed by atoms with van der Waals surface area (Å²) in [6.07, 6.45) is 4.52. The molecule has 0 saturated heterocycles. The molecule has 0 unspecified atom stereocenters. The van der Waals surface area contributed by atoms with Crippen LogP contribution in [0.1, 0.15) is 24.8 Å². The molecule has 0 atom stereocenters. The Bertz CT molecular complexity index is 863. The molecule has 1 aromatic heterocycles. The van der Waals surface area contributed by atoms with E-state index in [2.05, 4.69) is 11.1 Å². The van der Waals surface area contributed by atoms with E-state index in [0.717, 1.165) is 11.3 Å². The zero-order chi connectivity index (χ0) is 19.8. The van der Waals surface area contributed by atoms with Gasteiger partial charge in [-0.2, -0.15) is 5.26 Å². The number of pyridine rings is 1. The molecule has 0 N–H and O–H groups in total. The molecule has 7 heteroatoms. The number of hydrogen-bond acceptors (Lipinski definition) is 5. The number of nitrogens with zero attached hydrogens (tertiary/aromatic N) is 4. The van der Waals surface area contributed by atoms with E-state index >= 15 is 0 Å². The molecule has 7 nitrogen and oxygen atoms in total. The lowest BCUT2D eigenvalue weighted by molar-refractivity contribution is -0.132. The number of ether oxygens (including phenoxy) is 1. The molecule has 28 heavy (non-hydrogen) atoms. The molecule has 1 aliphatic heterocycles. The third kappa shape index (κ3) is 4.86. The number of fused-ring (bicyclic) bond motifs is 1. The fourth-order valence-corrected chi connectivity index (χ4v) is 3.13. The number of para-hydroxylation sites is 2. The van der Waals surface area contributed by atoms with Crippen LogP contribution in [0.5, 0.6) is 5.75 Å². The highest BCUT2D eigenvalue weighted by atomic mass is 16.5. The van der Waals surface area contributed by atoms with Crippen LogP contribution in [0.25, 0.3) is 0 Å². The van der Waals surface area contributed by atoms with Crippen LogP contribution in [0.2, 0.25) is 0 Å². The zero-order valence-electron chi connectivity index (χ0n) is 15.6. The van der Waals surface area contributed by atoms with Crippen molar-refractivity contribution in [3.8, 4) is 11.8 Å². The number of carbonyl (C=O) groups excluding carboxylic acids is 2. The molecule has 2 heterocycles. The second-order valence-corrected chi connectivity index (χ2v) is 6.49. The molecule has 3 rings (SSSR count). The lowest BCUT2D eigenvalue weighted by Crippen LogP contribution is -2.40. The SMILES string of the molecule is N#CCCN(Cc1cccnc1)C(=O)CCCN1C(=O)COc2ccccc21. The van der Waals surface area contributed by atoms with E-state index in [1.165, 1.54) is 0 Å². The van der Waals surface area contributed by atoms with Crippen molar-refractivity contribution in [3.05, 3.63) is 54.4 Å². The van der Waals surface area contributed by atoms with E-state index in [1.807, 2.05) is 36.4 Å². The van der Waals surface area contributed by atoms with Gasteiger partial charge < -0.3 is 14.5 Å². The second kappa shape index (κ2) is 9.51. The Kier molecular flexibility index (Phi) is 6.58. The molecular weight excluding hydrogens is 356 g/mol. The first kappa shape index (κ1) is 19.4. The first-order valence-corrected chi connectivity index (χ1v) is 9.25. The van der Waals surface area contributed by atoms with Crippen LogP contribution in [0.15, 0.2) is 48.8 Å². The van der Waals surface area contributed by atoms with Crippen LogP contribution in [0.3, 0.4) is 0 Å². The number of benzene rings is 1. The van der Waals surface area contributed by atoms with E-state index in [4.69, 9.17) is 10.00 Å². The number of amides is 2. The van der Waals surface area contributed by atoms with Crippen molar-refractivity contribution in [1.82, 2.24) is 9.88 Å². The van der Waals surface area contributed by atoms with Crippen LogP contribution in [-0.4, -0.2) is 41.4 Å². The normalized spacial score (nSPS) is 12.7. The fraction of sp³-hybridized carbons (Fsp3) is 0.333. The van der Waals surface area contributed by atoms with E-state index in [0.29, 0.717) is 38.2 Å². The van der Waals surface area contributed by atoms with E-state index in [9.17, 15) is 9.59 Å². The topological polar surface area (TPSA) is 86.5 Å². The first-order chi connectivity index (χ1) is 13.7. The van der Waals surface area contributed by atoms with Crippen molar-refractivity contribution in [3.63, 3.8) is 0 Å². The summed E-state index contributed by atoms with van der Waals surface area (Å²) in [7, 11) is 0. The summed E-state index contributed by atoms with van der Waals surface area (Å²) in [6, 6.07) is 13.2. The molecular formula is C21H22N4O3. The maximum atomic E-state index is 12.7. The van der Waals surface area contributed by atoms with Crippen LogP contribution < -0.4 is 9.64 Å². The van der Waals surface area contributed by atoms with Gasteiger partial charge in [0.05, 0.1) is 18.2 Å². The molecule has 1 aromatic carbocycles. The molecule has 0 saturated carbocycles. The molecule has 2 amide bonds. The Morgan fingerprint density at radius 2 is 2.14 bits per heavy atom. The Morgan fingerprint density at radius 1 is 1.29 bits per heavy atom. The summed E-state index contributed by atoms with van der Waals surface area (Å²) in [5, 5.41) is 8.88. The van der Waals surface area contributed by atoms with Gasteiger partial charge in [-0.25, -0.2) is 0 Å². The van der Waals surface area contributed by atoms with Crippen LogP contribution in [0, 0.1) is 11.3 Å². The molecule has 0 bridgehead atoms. The quantitative estimate of drug-likeness (QED) is 0.704. The predicted octanol–water partition coefficient (Wildman–Crippen LogP) is 2.53. The largest absolute Gasteiger partial charge is 0.482 e. The lowest BCUT2D eigenvalue weighted by atomic mass is 10.2. The zero-order valence-corrected chi connectivity index (χ0v) is 15.6. The fourth-order valence-electron chi connectivity index (χ4n) is 3.13. The third-order valence-corrected chi connectivity index (χ3v) is 4.52. The Morgan fingerprint density at radius 3 is 2.93 bits per heavy atom. The number of carbonyl (C=O) groups is 2. The first-order valence-electron chi connectivity index (χ1n) is 9.25. The van der Waals surface area contributed by atoms with E-state index in [1.54, 1.807) is 22.2 Å². The van der Waals surface area contributed by atoms with Crippen molar-refractivity contribution in [2.75, 3.05) is 24.6 Å². The van der Waals surface area contributed by atoms with Gasteiger partial charge in [0.15, 0.2) is 6.61 Å². The van der Waals surface area contributed by atoms with Gasteiger partial charge in [0.2, 0.25) is 5.91 Å². The maximum absolute atomic E-state index is 12.7. The summed E-state index contributed by atoms with van der Waals surface area (Å²) in [5.74, 6) is 0.539. The highest BCUT2D eigenvalue weighted by molar-refractivity contribution is 5.97. The summed E-state index contributed by atoms with van der Waals surface area (Å²) in [6.45, 7) is 1.27. The van der Waals surface area contributed by atoms with Gasteiger partial charge >= 0.3 is 0 Å². The number of anilines is 1.